The zero-order valence-corrected chi connectivity index (χ0v) is 16.7. The van der Waals surface area contributed by atoms with Gasteiger partial charge in [0.1, 0.15) is 17.6 Å². The number of thioether (sulfide) groups is 1. The topological polar surface area (TPSA) is 114 Å². The normalized spacial score (nSPS) is 16.4. The van der Waals surface area contributed by atoms with E-state index in [1.54, 1.807) is 18.2 Å². The zero-order valence-electron chi connectivity index (χ0n) is 15.2. The number of carboxylic acids is 1. The summed E-state index contributed by atoms with van der Waals surface area (Å²) in [5.74, 6) is -1.76. The highest BCUT2D eigenvalue weighted by atomic mass is 35.5. The molecule has 8 nitrogen and oxygen atoms in total. The molecule has 3 rings (SSSR count). The van der Waals surface area contributed by atoms with Crippen molar-refractivity contribution in [3.05, 3.63) is 51.6 Å². The molecule has 29 heavy (non-hydrogen) atoms. The summed E-state index contributed by atoms with van der Waals surface area (Å²) in [7, 11) is 1.17. The lowest BCUT2D eigenvalue weighted by atomic mass is 10.1. The molecule has 10 heteroatoms. The van der Waals surface area contributed by atoms with Gasteiger partial charge in [-0.2, -0.15) is 0 Å². The molecule has 0 aliphatic carbocycles. The zero-order chi connectivity index (χ0) is 21.3. The number of carboxylic acid groups (broad SMARTS) is 1. The fourth-order valence-corrected chi connectivity index (χ4v) is 3.80. The molecule has 1 N–H and O–H groups in total. The number of carbonyl (C=O) groups is 4. The molecule has 1 fully saturated rings. The minimum Gasteiger partial charge on any atom is -0.478 e. The van der Waals surface area contributed by atoms with Crippen LogP contribution in [-0.4, -0.2) is 46.2 Å². The van der Waals surface area contributed by atoms with Crippen molar-refractivity contribution in [3.63, 3.8) is 0 Å². The Morgan fingerprint density at radius 3 is 2.62 bits per heavy atom. The average molecular weight is 436 g/mol. The molecule has 0 unspecified atom stereocenters. The summed E-state index contributed by atoms with van der Waals surface area (Å²) in [5.41, 5.74) is 0.516. The molecule has 0 bridgehead atoms. The quantitative estimate of drug-likeness (QED) is 0.555. The van der Waals surface area contributed by atoms with Crippen LogP contribution >= 0.6 is 23.4 Å². The van der Waals surface area contributed by atoms with Gasteiger partial charge in [0.15, 0.2) is 0 Å². The molecule has 1 aliphatic heterocycles. The number of furan rings is 1. The Balaban J connectivity index is 1.84. The van der Waals surface area contributed by atoms with Crippen LogP contribution in [0.5, 0.6) is 0 Å². The van der Waals surface area contributed by atoms with Crippen LogP contribution in [0.1, 0.15) is 23.0 Å². The molecule has 1 atom stereocenters. The third-order valence-electron chi connectivity index (χ3n) is 4.14. The number of nitrogens with zero attached hydrogens (tertiary/aromatic N) is 1. The number of halogens is 1. The average Bonchev–Trinajstić information content (AvgIpc) is 3.25. The minimum atomic E-state index is -1.14. The van der Waals surface area contributed by atoms with E-state index in [0.717, 1.165) is 4.90 Å². The second-order valence-corrected chi connectivity index (χ2v) is 7.35. The summed E-state index contributed by atoms with van der Waals surface area (Å²) in [6.07, 6.45) is 1.39. The standard InChI is InChI=1S/C19H14ClNO7S/c1-9(18(25)27-2)21-16(22)15(29-19(21)26)8-11-4-6-14(28-11)10-3-5-12(17(23)24)13(20)7-10/h3-9H,1-2H3,(H,23,24)/b15-8-/t9-/m1/s1. The summed E-state index contributed by atoms with van der Waals surface area (Å²) >= 11 is 6.66. The first-order valence-electron chi connectivity index (χ1n) is 8.21. The van der Waals surface area contributed by atoms with Crippen LogP contribution in [-0.2, 0) is 14.3 Å². The van der Waals surface area contributed by atoms with Gasteiger partial charge in [-0.15, -0.1) is 0 Å². The maximum Gasteiger partial charge on any atom is 0.337 e. The maximum absolute atomic E-state index is 12.5. The van der Waals surface area contributed by atoms with Crippen molar-refractivity contribution in [2.45, 2.75) is 13.0 Å². The van der Waals surface area contributed by atoms with Gasteiger partial charge in [-0.1, -0.05) is 17.7 Å². The number of rotatable bonds is 5. The third-order valence-corrected chi connectivity index (χ3v) is 5.33. The van der Waals surface area contributed by atoms with Crippen LogP contribution in [0.15, 0.2) is 39.7 Å². The summed E-state index contributed by atoms with van der Waals surface area (Å²) < 4.78 is 10.2. The number of hydrogen-bond donors (Lipinski definition) is 1. The Morgan fingerprint density at radius 1 is 1.28 bits per heavy atom. The largest absolute Gasteiger partial charge is 0.478 e. The van der Waals surface area contributed by atoms with E-state index in [0.29, 0.717) is 28.8 Å². The molecule has 150 valence electrons. The van der Waals surface area contributed by atoms with Gasteiger partial charge in [0, 0.05) is 11.6 Å². The van der Waals surface area contributed by atoms with Gasteiger partial charge in [0.2, 0.25) is 0 Å². The number of amides is 2. The molecule has 1 saturated heterocycles. The van der Waals surface area contributed by atoms with Crippen molar-refractivity contribution in [2.24, 2.45) is 0 Å². The molecule has 2 aromatic rings. The number of methoxy groups -OCH3 is 1. The molecule has 0 saturated carbocycles. The van der Waals surface area contributed by atoms with E-state index in [9.17, 15) is 19.2 Å². The van der Waals surface area contributed by atoms with E-state index >= 15 is 0 Å². The minimum absolute atomic E-state index is 0.0319. The number of hydrogen-bond acceptors (Lipinski definition) is 7. The lowest BCUT2D eigenvalue weighted by molar-refractivity contribution is -0.148. The van der Waals surface area contributed by atoms with Gasteiger partial charge >= 0.3 is 11.9 Å². The predicted molar refractivity (Wildman–Crippen MR) is 105 cm³/mol. The molecule has 2 amide bonds. The Hall–Kier alpha value is -3.04. The highest BCUT2D eigenvalue weighted by molar-refractivity contribution is 8.18. The molecular weight excluding hydrogens is 422 g/mol. The SMILES string of the molecule is COC(=O)[C@@H](C)N1C(=O)S/C(=C\c2ccc(-c3ccc(C(=O)O)c(Cl)c3)o2)C1=O. The highest BCUT2D eigenvalue weighted by Gasteiger charge is 2.41. The van der Waals surface area contributed by atoms with Crippen LogP contribution < -0.4 is 0 Å². The molecule has 1 aromatic carbocycles. The van der Waals surface area contributed by atoms with E-state index in [2.05, 4.69) is 4.74 Å². The van der Waals surface area contributed by atoms with Crippen molar-refractivity contribution >= 4 is 52.5 Å². The monoisotopic (exact) mass is 435 g/mol. The van der Waals surface area contributed by atoms with Crippen LogP contribution in [0, 0.1) is 0 Å². The fraction of sp³-hybridized carbons (Fsp3) is 0.158. The van der Waals surface area contributed by atoms with Crippen molar-refractivity contribution in [1.29, 1.82) is 0 Å². The predicted octanol–water partition coefficient (Wildman–Crippen LogP) is 3.90. The first-order valence-corrected chi connectivity index (χ1v) is 9.40. The second kappa shape index (κ2) is 8.14. The van der Waals surface area contributed by atoms with Gasteiger partial charge < -0.3 is 14.3 Å². The highest BCUT2D eigenvalue weighted by Crippen LogP contribution is 2.35. The lowest BCUT2D eigenvalue weighted by Crippen LogP contribution is -2.42. The Kier molecular flexibility index (Phi) is 5.81. The van der Waals surface area contributed by atoms with Gasteiger partial charge in [-0.05, 0) is 43.0 Å². The van der Waals surface area contributed by atoms with E-state index in [4.69, 9.17) is 21.1 Å². The smallest absolute Gasteiger partial charge is 0.337 e. The molecule has 0 spiro atoms. The number of carbonyl (C=O) groups excluding carboxylic acids is 3. The number of esters is 1. The first kappa shape index (κ1) is 20.7. The van der Waals surface area contributed by atoms with Crippen molar-refractivity contribution in [2.75, 3.05) is 7.11 Å². The summed E-state index contributed by atoms with van der Waals surface area (Å²) in [6.45, 7) is 1.40. The van der Waals surface area contributed by atoms with Gasteiger partial charge in [0.05, 0.1) is 22.6 Å². The van der Waals surface area contributed by atoms with Gasteiger partial charge in [0.25, 0.3) is 11.1 Å². The molecule has 0 radical (unpaired) electrons. The van der Waals surface area contributed by atoms with Crippen molar-refractivity contribution < 1.29 is 33.4 Å². The Morgan fingerprint density at radius 2 is 2.00 bits per heavy atom. The van der Waals surface area contributed by atoms with Gasteiger partial charge in [-0.25, -0.2) is 9.59 Å². The molecule has 1 aromatic heterocycles. The van der Waals surface area contributed by atoms with Crippen molar-refractivity contribution in [1.82, 2.24) is 4.90 Å². The Labute approximate surface area is 174 Å². The Bertz CT molecular complexity index is 1060. The molecule has 2 heterocycles. The fourth-order valence-electron chi connectivity index (χ4n) is 2.65. The lowest BCUT2D eigenvalue weighted by Gasteiger charge is -2.18. The number of benzene rings is 1. The summed E-state index contributed by atoms with van der Waals surface area (Å²) in [5, 5.41) is 8.52. The number of aromatic carboxylic acids is 1. The molecular formula is C19H14ClNO7S. The third kappa shape index (κ3) is 4.06. The first-order chi connectivity index (χ1) is 13.7. The van der Waals surface area contributed by atoms with Crippen LogP contribution in [0.4, 0.5) is 4.79 Å². The van der Waals surface area contributed by atoms with Crippen molar-refractivity contribution in [3.8, 4) is 11.3 Å². The summed E-state index contributed by atoms with van der Waals surface area (Å²) in [6, 6.07) is 6.54. The van der Waals surface area contributed by atoms with E-state index < -0.39 is 29.1 Å². The number of imide groups is 1. The number of ether oxygens (including phenoxy) is 1. The summed E-state index contributed by atoms with van der Waals surface area (Å²) in [4.78, 5) is 48.3. The molecule has 1 aliphatic rings. The van der Waals surface area contributed by atoms with Gasteiger partial charge in [-0.3, -0.25) is 14.5 Å². The second-order valence-electron chi connectivity index (χ2n) is 5.95. The van der Waals surface area contributed by atoms with Crippen LogP contribution in [0.3, 0.4) is 0 Å². The maximum atomic E-state index is 12.5. The van der Waals surface area contributed by atoms with E-state index in [1.807, 2.05) is 0 Å². The van der Waals surface area contributed by atoms with Crippen LogP contribution in [0.2, 0.25) is 5.02 Å². The van der Waals surface area contributed by atoms with E-state index in [-0.39, 0.29) is 15.5 Å². The van der Waals surface area contributed by atoms with E-state index in [1.165, 1.54) is 32.2 Å². The van der Waals surface area contributed by atoms with Crippen LogP contribution in [0.25, 0.3) is 17.4 Å².